The van der Waals surface area contributed by atoms with E-state index in [1.54, 1.807) is 24.3 Å². The largest absolute Gasteiger partial charge is 0.360 e. The Kier molecular flexibility index (Phi) is 5.09. The highest BCUT2D eigenvalue weighted by Crippen LogP contribution is 2.18. The molecule has 0 aromatic heterocycles. The van der Waals surface area contributed by atoms with Crippen molar-refractivity contribution in [3.63, 3.8) is 0 Å². The molecule has 0 radical (unpaired) electrons. The zero-order chi connectivity index (χ0) is 19.7. The van der Waals surface area contributed by atoms with Crippen LogP contribution in [0.5, 0.6) is 0 Å². The molecule has 2 aromatic rings. The molecule has 2 aliphatic heterocycles. The minimum atomic E-state index is -0.358. The van der Waals surface area contributed by atoms with E-state index in [1.807, 2.05) is 0 Å². The number of benzene rings is 2. The number of quaternary nitrogens is 1. The zero-order valence-corrected chi connectivity index (χ0v) is 15.4. The molecule has 4 rings (SSSR count). The first-order chi connectivity index (χ1) is 13.5. The molecule has 0 unspecified atom stereocenters. The van der Waals surface area contributed by atoms with Gasteiger partial charge in [-0.2, -0.15) is 0 Å². The van der Waals surface area contributed by atoms with E-state index in [0.29, 0.717) is 0 Å². The maximum Gasteiger partial charge on any atom is 0.288 e. The van der Waals surface area contributed by atoms with Gasteiger partial charge in [0.25, 0.3) is 5.91 Å². The molecular formula is C21H22F2N3O2+. The van der Waals surface area contributed by atoms with Crippen molar-refractivity contribution in [3.8, 4) is 0 Å². The Morgan fingerprint density at radius 3 is 2.07 bits per heavy atom. The summed E-state index contributed by atoms with van der Waals surface area (Å²) < 4.78 is 26.2. The number of hydrogen-bond donors (Lipinski definition) is 1. The SMILES string of the molecule is O=C1C[C@@H]([NH+]2CCN(c3ccc(F)cc3)CC2)C(=O)N1Cc1ccc(F)cc1. The predicted octanol–water partition coefficient (Wildman–Crippen LogP) is 0.997. The fourth-order valence-corrected chi connectivity index (χ4v) is 3.99. The van der Waals surface area contributed by atoms with Gasteiger partial charge >= 0.3 is 0 Å². The van der Waals surface area contributed by atoms with Gasteiger partial charge in [0.15, 0.2) is 6.04 Å². The van der Waals surface area contributed by atoms with Crippen LogP contribution in [0.15, 0.2) is 48.5 Å². The molecule has 1 atom stereocenters. The average Bonchev–Trinajstić information content (AvgIpc) is 2.99. The Labute approximate surface area is 162 Å². The third kappa shape index (κ3) is 3.75. The molecule has 2 aliphatic rings. The van der Waals surface area contributed by atoms with Crippen molar-refractivity contribution in [3.05, 3.63) is 65.7 Å². The summed E-state index contributed by atoms with van der Waals surface area (Å²) in [5.74, 6) is -0.930. The second kappa shape index (κ2) is 7.67. The Morgan fingerprint density at radius 2 is 1.46 bits per heavy atom. The molecule has 0 saturated carbocycles. The Balaban J connectivity index is 1.37. The van der Waals surface area contributed by atoms with Gasteiger partial charge < -0.3 is 9.80 Å². The molecule has 0 aliphatic carbocycles. The van der Waals surface area contributed by atoms with Gasteiger partial charge in [-0.05, 0) is 42.0 Å². The summed E-state index contributed by atoms with van der Waals surface area (Å²) in [6.45, 7) is 3.16. The summed E-state index contributed by atoms with van der Waals surface area (Å²) in [5.41, 5.74) is 1.70. The van der Waals surface area contributed by atoms with Gasteiger partial charge in [0.1, 0.15) is 11.6 Å². The molecule has 2 aromatic carbocycles. The van der Waals surface area contributed by atoms with E-state index in [-0.39, 0.29) is 42.5 Å². The predicted molar refractivity (Wildman–Crippen MR) is 99.7 cm³/mol. The maximum atomic E-state index is 13.1. The number of piperazine rings is 1. The number of carbonyl (C=O) groups excluding carboxylic acids is 2. The number of imide groups is 1. The second-order valence-corrected chi connectivity index (χ2v) is 7.32. The summed E-state index contributed by atoms with van der Waals surface area (Å²) in [6.07, 6.45) is 0.214. The van der Waals surface area contributed by atoms with Crippen molar-refractivity contribution in [1.82, 2.24) is 4.90 Å². The van der Waals surface area contributed by atoms with E-state index >= 15 is 0 Å². The molecule has 0 spiro atoms. The van der Waals surface area contributed by atoms with Crippen molar-refractivity contribution < 1.29 is 23.3 Å². The normalized spacial score (nSPS) is 20.9. The summed E-state index contributed by atoms with van der Waals surface area (Å²) >= 11 is 0. The van der Waals surface area contributed by atoms with E-state index in [1.165, 1.54) is 29.2 Å². The molecule has 146 valence electrons. The topological polar surface area (TPSA) is 45.1 Å². The van der Waals surface area contributed by atoms with Gasteiger partial charge in [0, 0.05) is 5.69 Å². The van der Waals surface area contributed by atoms with Crippen LogP contribution >= 0.6 is 0 Å². The number of likely N-dealkylation sites (tertiary alicyclic amines) is 1. The van der Waals surface area contributed by atoms with Crippen LogP contribution in [0.2, 0.25) is 0 Å². The molecule has 2 amide bonds. The minimum absolute atomic E-state index is 0.153. The number of nitrogens with one attached hydrogen (secondary N) is 1. The minimum Gasteiger partial charge on any atom is -0.360 e. The molecule has 2 saturated heterocycles. The van der Waals surface area contributed by atoms with Crippen molar-refractivity contribution in [2.45, 2.75) is 19.0 Å². The van der Waals surface area contributed by atoms with Crippen LogP contribution in [0, 0.1) is 11.6 Å². The van der Waals surface area contributed by atoms with Gasteiger partial charge in [-0.25, -0.2) is 8.78 Å². The lowest BCUT2D eigenvalue weighted by Gasteiger charge is -2.35. The monoisotopic (exact) mass is 386 g/mol. The molecule has 7 heteroatoms. The number of nitrogens with zero attached hydrogens (tertiary/aromatic N) is 2. The van der Waals surface area contributed by atoms with E-state index in [2.05, 4.69) is 4.90 Å². The van der Waals surface area contributed by atoms with E-state index in [4.69, 9.17) is 0 Å². The third-order valence-electron chi connectivity index (χ3n) is 5.59. The first-order valence-electron chi connectivity index (χ1n) is 9.45. The van der Waals surface area contributed by atoms with Crippen LogP contribution in [-0.4, -0.2) is 48.9 Å². The molecule has 2 fully saturated rings. The lowest BCUT2D eigenvalue weighted by atomic mass is 10.1. The van der Waals surface area contributed by atoms with Crippen molar-refractivity contribution in [1.29, 1.82) is 0 Å². The van der Waals surface area contributed by atoms with Crippen LogP contribution in [0.3, 0.4) is 0 Å². The maximum absolute atomic E-state index is 13.1. The lowest BCUT2D eigenvalue weighted by Crippen LogP contribution is -3.19. The van der Waals surface area contributed by atoms with Gasteiger partial charge in [-0.1, -0.05) is 12.1 Å². The number of anilines is 1. The van der Waals surface area contributed by atoms with Gasteiger partial charge in [0.05, 0.1) is 39.1 Å². The summed E-state index contributed by atoms with van der Waals surface area (Å²) in [5, 5.41) is 0. The van der Waals surface area contributed by atoms with Crippen LogP contribution in [0.25, 0.3) is 0 Å². The van der Waals surface area contributed by atoms with Crippen LogP contribution in [-0.2, 0) is 16.1 Å². The van der Waals surface area contributed by atoms with Gasteiger partial charge in [0.2, 0.25) is 5.91 Å². The molecule has 1 N–H and O–H groups in total. The van der Waals surface area contributed by atoms with Crippen molar-refractivity contribution in [2.75, 3.05) is 31.1 Å². The molecule has 5 nitrogen and oxygen atoms in total. The highest BCUT2D eigenvalue weighted by atomic mass is 19.1. The fourth-order valence-electron chi connectivity index (χ4n) is 3.99. The Hall–Kier alpha value is -2.80. The number of hydrogen-bond acceptors (Lipinski definition) is 3. The van der Waals surface area contributed by atoms with E-state index < -0.39 is 0 Å². The van der Waals surface area contributed by atoms with E-state index in [9.17, 15) is 18.4 Å². The average molecular weight is 386 g/mol. The highest BCUT2D eigenvalue weighted by molar-refractivity contribution is 6.04. The van der Waals surface area contributed by atoms with Gasteiger partial charge in [-0.15, -0.1) is 0 Å². The summed E-state index contributed by atoms with van der Waals surface area (Å²) in [6, 6.07) is 11.9. The second-order valence-electron chi connectivity index (χ2n) is 7.32. The third-order valence-corrected chi connectivity index (χ3v) is 5.59. The highest BCUT2D eigenvalue weighted by Gasteiger charge is 2.45. The van der Waals surface area contributed by atoms with Crippen LogP contribution in [0.1, 0.15) is 12.0 Å². The lowest BCUT2D eigenvalue weighted by molar-refractivity contribution is -0.915. The molecule has 28 heavy (non-hydrogen) atoms. The molecule has 0 bridgehead atoms. The first-order valence-corrected chi connectivity index (χ1v) is 9.45. The Bertz CT molecular complexity index is 862. The van der Waals surface area contributed by atoms with Crippen LogP contribution in [0.4, 0.5) is 14.5 Å². The summed E-state index contributed by atoms with van der Waals surface area (Å²) in [7, 11) is 0. The summed E-state index contributed by atoms with van der Waals surface area (Å²) in [4.78, 5) is 29.8. The first kappa shape index (κ1) is 18.6. The van der Waals surface area contributed by atoms with Crippen LogP contribution < -0.4 is 9.80 Å². The quantitative estimate of drug-likeness (QED) is 0.798. The standard InChI is InChI=1S/C21H21F2N3O2/c22-16-3-1-15(2-4-16)14-26-20(27)13-19(21(26)28)25-11-9-24(10-12-25)18-7-5-17(23)6-8-18/h1-8,19H,9-14H2/p+1/t19-/m1/s1. The Morgan fingerprint density at radius 1 is 0.893 bits per heavy atom. The number of carbonyl (C=O) groups is 2. The smallest absolute Gasteiger partial charge is 0.288 e. The fraction of sp³-hybridized carbons (Fsp3) is 0.333. The zero-order valence-electron chi connectivity index (χ0n) is 15.4. The number of amides is 2. The van der Waals surface area contributed by atoms with Crippen molar-refractivity contribution >= 4 is 17.5 Å². The molecular weight excluding hydrogens is 364 g/mol. The number of halogens is 2. The van der Waals surface area contributed by atoms with Gasteiger partial charge in [-0.3, -0.25) is 14.5 Å². The van der Waals surface area contributed by atoms with E-state index in [0.717, 1.165) is 42.3 Å². The van der Waals surface area contributed by atoms with Crippen molar-refractivity contribution in [2.24, 2.45) is 0 Å². The number of rotatable bonds is 4. The molecule has 2 heterocycles.